The number of hydrogen-bond donors (Lipinski definition) is 1. The van der Waals surface area contributed by atoms with Gasteiger partial charge in [-0.1, -0.05) is 18.2 Å². The number of amides is 1. The van der Waals surface area contributed by atoms with Gasteiger partial charge in [0, 0.05) is 23.9 Å². The van der Waals surface area contributed by atoms with Crippen molar-refractivity contribution in [3.8, 4) is 0 Å². The van der Waals surface area contributed by atoms with Crippen molar-refractivity contribution >= 4 is 34.4 Å². The van der Waals surface area contributed by atoms with Gasteiger partial charge < -0.3 is 14.6 Å². The molecule has 3 aromatic rings. The Morgan fingerprint density at radius 2 is 2.08 bits per heavy atom. The summed E-state index contributed by atoms with van der Waals surface area (Å²) in [4.78, 5) is 20.4. The lowest BCUT2D eigenvalue weighted by molar-refractivity contribution is -0.126. The molecule has 1 amide bonds. The fourth-order valence-corrected chi connectivity index (χ4v) is 4.00. The number of anilines is 1. The zero-order chi connectivity index (χ0) is 17.2. The average Bonchev–Trinajstić information content (AvgIpc) is 3.31. The molecule has 0 bridgehead atoms. The highest BCUT2D eigenvalue weighted by Crippen LogP contribution is 2.27. The molecule has 1 fully saturated rings. The standard InChI is InChI=1S/C19H21N3O2S/c1-13(17-7-4-12-25-17)20-18(23)14-8-10-22(11-9-14)19-21-15-5-2-3-6-16(15)24-19/h2-7,12-14H,8-11H2,1H3,(H,20,23)/t13-/m1/s1. The number of rotatable bonds is 4. The second-order valence-corrected chi connectivity index (χ2v) is 7.45. The molecule has 130 valence electrons. The molecule has 0 aliphatic carbocycles. The van der Waals surface area contributed by atoms with E-state index in [1.807, 2.05) is 42.6 Å². The van der Waals surface area contributed by atoms with Gasteiger partial charge in [0.1, 0.15) is 5.52 Å². The van der Waals surface area contributed by atoms with Crippen LogP contribution >= 0.6 is 11.3 Å². The summed E-state index contributed by atoms with van der Waals surface area (Å²) in [6.45, 7) is 3.62. The number of aromatic nitrogens is 1. The Morgan fingerprint density at radius 1 is 1.28 bits per heavy atom. The number of oxazole rings is 1. The normalized spacial score (nSPS) is 16.9. The Morgan fingerprint density at radius 3 is 2.80 bits per heavy atom. The Kier molecular flexibility index (Phi) is 4.44. The van der Waals surface area contributed by atoms with Gasteiger partial charge in [-0.15, -0.1) is 11.3 Å². The molecule has 0 spiro atoms. The summed E-state index contributed by atoms with van der Waals surface area (Å²) in [7, 11) is 0. The molecular formula is C19H21N3O2S. The van der Waals surface area contributed by atoms with Gasteiger partial charge in [0.2, 0.25) is 5.91 Å². The molecule has 2 aromatic heterocycles. The summed E-state index contributed by atoms with van der Waals surface area (Å²) in [5, 5.41) is 5.18. The highest BCUT2D eigenvalue weighted by atomic mass is 32.1. The quantitative estimate of drug-likeness (QED) is 0.769. The number of nitrogens with one attached hydrogen (secondary N) is 1. The van der Waals surface area contributed by atoms with Gasteiger partial charge in [-0.25, -0.2) is 0 Å². The van der Waals surface area contributed by atoms with Crippen LogP contribution in [0.2, 0.25) is 0 Å². The fraction of sp³-hybridized carbons (Fsp3) is 0.368. The number of fused-ring (bicyclic) bond motifs is 1. The van der Waals surface area contributed by atoms with Crippen molar-refractivity contribution in [1.29, 1.82) is 0 Å². The van der Waals surface area contributed by atoms with E-state index in [-0.39, 0.29) is 17.9 Å². The number of piperidine rings is 1. The Hall–Kier alpha value is -2.34. The largest absolute Gasteiger partial charge is 0.423 e. The predicted octanol–water partition coefficient (Wildman–Crippen LogP) is 3.98. The van der Waals surface area contributed by atoms with Crippen LogP contribution in [0.3, 0.4) is 0 Å². The van der Waals surface area contributed by atoms with E-state index >= 15 is 0 Å². The highest BCUT2D eigenvalue weighted by Gasteiger charge is 2.28. The number of benzene rings is 1. The third kappa shape index (κ3) is 3.39. The molecule has 25 heavy (non-hydrogen) atoms. The maximum atomic E-state index is 12.5. The topological polar surface area (TPSA) is 58.4 Å². The molecule has 1 aromatic carbocycles. The average molecular weight is 355 g/mol. The van der Waals surface area contributed by atoms with E-state index in [0.717, 1.165) is 37.0 Å². The summed E-state index contributed by atoms with van der Waals surface area (Å²) in [5.74, 6) is 0.209. The van der Waals surface area contributed by atoms with Crippen LogP contribution in [0.1, 0.15) is 30.7 Å². The van der Waals surface area contributed by atoms with Crippen LogP contribution in [-0.2, 0) is 4.79 Å². The lowest BCUT2D eigenvalue weighted by Gasteiger charge is -2.30. The van der Waals surface area contributed by atoms with E-state index in [1.54, 1.807) is 11.3 Å². The van der Waals surface area contributed by atoms with E-state index in [9.17, 15) is 4.79 Å². The van der Waals surface area contributed by atoms with Gasteiger partial charge in [-0.3, -0.25) is 4.79 Å². The zero-order valence-electron chi connectivity index (χ0n) is 14.1. The molecule has 1 N–H and O–H groups in total. The number of carbonyl (C=O) groups is 1. The second kappa shape index (κ2) is 6.88. The van der Waals surface area contributed by atoms with Crippen LogP contribution in [0.15, 0.2) is 46.2 Å². The van der Waals surface area contributed by atoms with Crippen LogP contribution in [0.5, 0.6) is 0 Å². The van der Waals surface area contributed by atoms with Crippen molar-refractivity contribution in [2.24, 2.45) is 5.92 Å². The van der Waals surface area contributed by atoms with Crippen LogP contribution in [0.25, 0.3) is 11.1 Å². The van der Waals surface area contributed by atoms with Crippen molar-refractivity contribution in [1.82, 2.24) is 10.3 Å². The van der Waals surface area contributed by atoms with Gasteiger partial charge in [0.05, 0.1) is 6.04 Å². The monoisotopic (exact) mass is 355 g/mol. The number of thiophene rings is 1. The van der Waals surface area contributed by atoms with Gasteiger partial charge in [0.25, 0.3) is 6.01 Å². The third-order valence-electron chi connectivity index (χ3n) is 4.75. The van der Waals surface area contributed by atoms with Crippen molar-refractivity contribution in [2.45, 2.75) is 25.8 Å². The lowest BCUT2D eigenvalue weighted by Crippen LogP contribution is -2.41. The molecule has 1 aliphatic heterocycles. The Labute approximate surface area is 150 Å². The van der Waals surface area contributed by atoms with Crippen molar-refractivity contribution in [3.63, 3.8) is 0 Å². The maximum Gasteiger partial charge on any atom is 0.298 e. The van der Waals surface area contributed by atoms with E-state index in [0.29, 0.717) is 6.01 Å². The summed E-state index contributed by atoms with van der Waals surface area (Å²) < 4.78 is 5.83. The molecule has 5 nitrogen and oxygen atoms in total. The van der Waals surface area contributed by atoms with Crippen molar-refractivity contribution < 1.29 is 9.21 Å². The molecule has 0 unspecified atom stereocenters. The van der Waals surface area contributed by atoms with Crippen LogP contribution in [-0.4, -0.2) is 24.0 Å². The Bertz CT molecular complexity index is 818. The van der Waals surface area contributed by atoms with Crippen LogP contribution in [0.4, 0.5) is 6.01 Å². The molecule has 1 saturated heterocycles. The molecule has 6 heteroatoms. The number of carbonyl (C=O) groups excluding carboxylic acids is 1. The van der Waals surface area contributed by atoms with E-state index in [2.05, 4.69) is 21.3 Å². The molecule has 0 radical (unpaired) electrons. The Balaban J connectivity index is 1.35. The second-order valence-electron chi connectivity index (χ2n) is 6.47. The summed E-state index contributed by atoms with van der Waals surface area (Å²) in [6.07, 6.45) is 1.64. The van der Waals surface area contributed by atoms with Crippen molar-refractivity contribution in [3.05, 3.63) is 46.7 Å². The smallest absolute Gasteiger partial charge is 0.298 e. The molecule has 0 saturated carbocycles. The van der Waals surface area contributed by atoms with E-state index in [4.69, 9.17) is 4.42 Å². The predicted molar refractivity (Wildman–Crippen MR) is 99.8 cm³/mol. The highest BCUT2D eigenvalue weighted by molar-refractivity contribution is 7.10. The molecular weight excluding hydrogens is 334 g/mol. The van der Waals surface area contributed by atoms with E-state index in [1.165, 1.54) is 4.88 Å². The lowest BCUT2D eigenvalue weighted by atomic mass is 9.96. The molecule has 1 aliphatic rings. The van der Waals surface area contributed by atoms with E-state index < -0.39 is 0 Å². The molecule has 4 rings (SSSR count). The fourth-order valence-electron chi connectivity index (χ4n) is 3.27. The third-order valence-corrected chi connectivity index (χ3v) is 5.80. The van der Waals surface area contributed by atoms with Gasteiger partial charge >= 0.3 is 0 Å². The van der Waals surface area contributed by atoms with Crippen LogP contribution < -0.4 is 10.2 Å². The van der Waals surface area contributed by atoms with Gasteiger partial charge in [-0.05, 0) is 43.3 Å². The SMILES string of the molecule is C[C@@H](NC(=O)C1CCN(c2nc3ccccc3o2)CC1)c1cccs1. The minimum Gasteiger partial charge on any atom is -0.423 e. The number of para-hydroxylation sites is 2. The summed E-state index contributed by atoms with van der Waals surface area (Å²) in [6, 6.07) is 12.6. The summed E-state index contributed by atoms with van der Waals surface area (Å²) in [5.41, 5.74) is 1.68. The first kappa shape index (κ1) is 16.1. The number of hydrogen-bond acceptors (Lipinski definition) is 5. The van der Waals surface area contributed by atoms with Crippen molar-refractivity contribution in [2.75, 3.05) is 18.0 Å². The molecule has 3 heterocycles. The van der Waals surface area contributed by atoms with Gasteiger partial charge in [0.15, 0.2) is 5.58 Å². The number of nitrogens with zero attached hydrogens (tertiary/aromatic N) is 2. The zero-order valence-corrected chi connectivity index (χ0v) is 15.0. The molecule has 1 atom stereocenters. The first-order valence-corrected chi connectivity index (χ1v) is 9.53. The minimum absolute atomic E-state index is 0.0584. The summed E-state index contributed by atoms with van der Waals surface area (Å²) >= 11 is 1.68. The minimum atomic E-state index is 0.0584. The maximum absolute atomic E-state index is 12.5. The first-order valence-electron chi connectivity index (χ1n) is 8.65. The van der Waals surface area contributed by atoms with Gasteiger partial charge in [-0.2, -0.15) is 4.98 Å². The van der Waals surface area contributed by atoms with Crippen LogP contribution in [0, 0.1) is 5.92 Å². The first-order chi connectivity index (χ1) is 12.2.